The van der Waals surface area contributed by atoms with E-state index in [1.165, 1.54) is 12.0 Å². The van der Waals surface area contributed by atoms with Crippen molar-refractivity contribution >= 4 is 17.5 Å². The van der Waals surface area contributed by atoms with Crippen LogP contribution >= 0.6 is 0 Å². The van der Waals surface area contributed by atoms with E-state index in [1.54, 1.807) is 48.5 Å². The van der Waals surface area contributed by atoms with Gasteiger partial charge in [0.05, 0.1) is 12.8 Å². The third-order valence-corrected chi connectivity index (χ3v) is 5.55. The standard InChI is InChI=1S/C25H24N2O4/c1-16-8-11-18(12-9-16)25(30)20-7-5-4-6-19(20)24(29)27(25)15-23(28)26-21-14-17(2)10-13-22(21)31-3/h4-14,30H,15H2,1-3H3,(H,26,28). The van der Waals surface area contributed by atoms with Gasteiger partial charge in [-0.3, -0.25) is 14.5 Å². The highest BCUT2D eigenvalue weighted by molar-refractivity contribution is 6.04. The molecule has 0 radical (unpaired) electrons. The van der Waals surface area contributed by atoms with Crippen LogP contribution in [0.4, 0.5) is 5.69 Å². The van der Waals surface area contributed by atoms with E-state index in [9.17, 15) is 14.7 Å². The van der Waals surface area contributed by atoms with Crippen LogP contribution < -0.4 is 10.1 Å². The molecule has 2 amide bonds. The van der Waals surface area contributed by atoms with Gasteiger partial charge in [0.2, 0.25) is 5.91 Å². The number of fused-ring (bicyclic) bond motifs is 1. The summed E-state index contributed by atoms with van der Waals surface area (Å²) in [5.74, 6) is -0.315. The summed E-state index contributed by atoms with van der Waals surface area (Å²) in [6.45, 7) is 3.53. The average molecular weight is 416 g/mol. The first-order valence-electron chi connectivity index (χ1n) is 10.00. The maximum atomic E-state index is 13.2. The SMILES string of the molecule is COc1ccc(C)cc1NC(=O)CN1C(=O)c2ccccc2C1(O)c1ccc(C)cc1. The number of nitrogens with one attached hydrogen (secondary N) is 1. The van der Waals surface area contributed by atoms with Gasteiger partial charge in [-0.2, -0.15) is 0 Å². The summed E-state index contributed by atoms with van der Waals surface area (Å²) in [6, 6.07) is 19.6. The third-order valence-electron chi connectivity index (χ3n) is 5.55. The van der Waals surface area contributed by atoms with Crippen LogP contribution in [0.3, 0.4) is 0 Å². The molecule has 1 aliphatic heterocycles. The lowest BCUT2D eigenvalue weighted by atomic mass is 9.93. The monoisotopic (exact) mass is 416 g/mol. The first-order valence-corrected chi connectivity index (χ1v) is 10.00. The van der Waals surface area contributed by atoms with Gasteiger partial charge < -0.3 is 15.2 Å². The zero-order valence-electron chi connectivity index (χ0n) is 17.7. The highest BCUT2D eigenvalue weighted by Crippen LogP contribution is 2.42. The van der Waals surface area contributed by atoms with Crippen LogP contribution in [0.25, 0.3) is 0 Å². The number of nitrogens with zero attached hydrogens (tertiary/aromatic N) is 1. The van der Waals surface area contributed by atoms with Crippen molar-refractivity contribution < 1.29 is 19.4 Å². The fraction of sp³-hybridized carbons (Fsp3) is 0.200. The lowest BCUT2D eigenvalue weighted by molar-refractivity contribution is -0.122. The Morgan fingerprint density at radius 2 is 1.71 bits per heavy atom. The number of aliphatic hydroxyl groups is 1. The summed E-state index contributed by atoms with van der Waals surface area (Å²) in [5.41, 5.74) is 2.12. The Hall–Kier alpha value is -3.64. The topological polar surface area (TPSA) is 78.9 Å². The second kappa shape index (κ2) is 7.89. The summed E-state index contributed by atoms with van der Waals surface area (Å²) in [6.07, 6.45) is 0. The van der Waals surface area contributed by atoms with E-state index in [0.29, 0.717) is 28.1 Å². The van der Waals surface area contributed by atoms with Crippen LogP contribution in [0.1, 0.15) is 32.6 Å². The first-order chi connectivity index (χ1) is 14.8. The van der Waals surface area contributed by atoms with Crippen molar-refractivity contribution in [1.29, 1.82) is 0 Å². The summed E-state index contributed by atoms with van der Waals surface area (Å²) < 4.78 is 5.32. The molecule has 31 heavy (non-hydrogen) atoms. The molecular formula is C25H24N2O4. The Morgan fingerprint density at radius 1 is 1.03 bits per heavy atom. The van der Waals surface area contributed by atoms with Gasteiger partial charge in [0.1, 0.15) is 12.3 Å². The Morgan fingerprint density at radius 3 is 2.42 bits per heavy atom. The highest BCUT2D eigenvalue weighted by Gasteiger charge is 2.50. The van der Waals surface area contributed by atoms with Gasteiger partial charge in [-0.1, -0.05) is 54.1 Å². The molecule has 3 aromatic rings. The Labute approximate surface area is 181 Å². The number of hydrogen-bond acceptors (Lipinski definition) is 4. The number of aryl methyl sites for hydroxylation is 2. The molecule has 6 heteroatoms. The fourth-order valence-electron chi connectivity index (χ4n) is 3.95. The van der Waals surface area contributed by atoms with Crippen LogP contribution in [0.15, 0.2) is 66.7 Å². The molecule has 3 aromatic carbocycles. The van der Waals surface area contributed by atoms with E-state index in [-0.39, 0.29) is 6.54 Å². The summed E-state index contributed by atoms with van der Waals surface area (Å²) >= 11 is 0. The minimum absolute atomic E-state index is 0.324. The Bertz CT molecular complexity index is 1160. The summed E-state index contributed by atoms with van der Waals surface area (Å²) in [7, 11) is 1.52. The second-order valence-electron chi connectivity index (χ2n) is 7.73. The number of rotatable bonds is 5. The van der Waals surface area contributed by atoms with Crippen LogP contribution in [-0.4, -0.2) is 35.5 Å². The van der Waals surface area contributed by atoms with Gasteiger partial charge in [-0.05, 0) is 37.6 Å². The van der Waals surface area contributed by atoms with E-state index in [2.05, 4.69) is 5.32 Å². The lowest BCUT2D eigenvalue weighted by Crippen LogP contribution is -2.48. The molecule has 2 N–H and O–H groups in total. The zero-order chi connectivity index (χ0) is 22.2. The predicted molar refractivity (Wildman–Crippen MR) is 118 cm³/mol. The van der Waals surface area contributed by atoms with Gasteiger partial charge in [-0.15, -0.1) is 0 Å². The van der Waals surface area contributed by atoms with Crippen LogP contribution in [0.5, 0.6) is 5.75 Å². The van der Waals surface area contributed by atoms with E-state index in [0.717, 1.165) is 11.1 Å². The lowest BCUT2D eigenvalue weighted by Gasteiger charge is -2.34. The largest absolute Gasteiger partial charge is 0.495 e. The molecule has 1 unspecified atom stereocenters. The molecule has 1 heterocycles. The van der Waals surface area contributed by atoms with E-state index in [4.69, 9.17) is 4.74 Å². The quantitative estimate of drug-likeness (QED) is 0.666. The zero-order valence-corrected chi connectivity index (χ0v) is 17.7. The summed E-state index contributed by atoms with van der Waals surface area (Å²) in [4.78, 5) is 27.3. The molecule has 158 valence electrons. The van der Waals surface area contributed by atoms with Gasteiger partial charge in [-0.25, -0.2) is 0 Å². The molecule has 0 fully saturated rings. The molecule has 6 nitrogen and oxygen atoms in total. The third kappa shape index (κ3) is 3.55. The molecule has 1 aliphatic rings. The minimum Gasteiger partial charge on any atom is -0.495 e. The number of amides is 2. The van der Waals surface area contributed by atoms with E-state index < -0.39 is 17.5 Å². The molecule has 4 rings (SSSR count). The molecule has 0 aliphatic carbocycles. The van der Waals surface area contributed by atoms with Crippen molar-refractivity contribution in [1.82, 2.24) is 4.90 Å². The van der Waals surface area contributed by atoms with Crippen molar-refractivity contribution in [2.45, 2.75) is 19.6 Å². The molecule has 0 aromatic heterocycles. The highest BCUT2D eigenvalue weighted by atomic mass is 16.5. The number of methoxy groups -OCH3 is 1. The maximum absolute atomic E-state index is 13.2. The van der Waals surface area contributed by atoms with Crippen molar-refractivity contribution in [3.63, 3.8) is 0 Å². The van der Waals surface area contributed by atoms with Crippen molar-refractivity contribution in [2.75, 3.05) is 19.0 Å². The Kier molecular flexibility index (Phi) is 5.25. The van der Waals surface area contributed by atoms with Gasteiger partial charge >= 0.3 is 0 Å². The number of carbonyl (C=O) groups is 2. The van der Waals surface area contributed by atoms with Crippen LogP contribution in [-0.2, 0) is 10.5 Å². The van der Waals surface area contributed by atoms with Gasteiger partial charge in [0, 0.05) is 16.7 Å². The summed E-state index contributed by atoms with van der Waals surface area (Å²) in [5, 5.41) is 14.6. The van der Waals surface area contributed by atoms with Crippen molar-refractivity contribution in [3.8, 4) is 5.75 Å². The van der Waals surface area contributed by atoms with Crippen molar-refractivity contribution in [2.24, 2.45) is 0 Å². The molecule has 0 saturated heterocycles. The minimum atomic E-state index is -1.74. The molecule has 0 spiro atoms. The Balaban J connectivity index is 1.69. The van der Waals surface area contributed by atoms with Crippen LogP contribution in [0.2, 0.25) is 0 Å². The number of benzene rings is 3. The predicted octanol–water partition coefficient (Wildman–Crippen LogP) is 3.60. The van der Waals surface area contributed by atoms with Crippen molar-refractivity contribution in [3.05, 3.63) is 94.5 Å². The molecular weight excluding hydrogens is 392 g/mol. The normalized spacial score (nSPS) is 17.4. The molecule has 0 saturated carbocycles. The number of carbonyl (C=O) groups excluding carboxylic acids is 2. The number of hydrogen-bond donors (Lipinski definition) is 2. The second-order valence-corrected chi connectivity index (χ2v) is 7.73. The molecule has 1 atom stereocenters. The van der Waals surface area contributed by atoms with Gasteiger partial charge in [0.15, 0.2) is 5.72 Å². The smallest absolute Gasteiger partial charge is 0.257 e. The van der Waals surface area contributed by atoms with E-state index >= 15 is 0 Å². The number of ether oxygens (including phenoxy) is 1. The van der Waals surface area contributed by atoms with Gasteiger partial charge in [0.25, 0.3) is 5.91 Å². The number of anilines is 1. The first kappa shape index (κ1) is 20.6. The van der Waals surface area contributed by atoms with Crippen LogP contribution in [0, 0.1) is 13.8 Å². The molecule has 0 bridgehead atoms. The van der Waals surface area contributed by atoms with E-state index in [1.807, 2.05) is 32.0 Å². The maximum Gasteiger partial charge on any atom is 0.257 e. The average Bonchev–Trinajstić information content (AvgIpc) is 2.97. The fourth-order valence-corrected chi connectivity index (χ4v) is 3.95.